The van der Waals surface area contributed by atoms with Crippen molar-refractivity contribution in [2.75, 3.05) is 30.9 Å². The molecule has 13 heteroatoms. The van der Waals surface area contributed by atoms with E-state index in [1.54, 1.807) is 28.8 Å². The first-order valence-corrected chi connectivity index (χ1v) is 15.3. The molecule has 0 saturated carbocycles. The van der Waals surface area contributed by atoms with Gasteiger partial charge in [-0.05, 0) is 69.3 Å². The largest absolute Gasteiger partial charge is 0.490 e. The number of nitrogens with one attached hydrogen (secondary N) is 2. The lowest BCUT2D eigenvalue weighted by Gasteiger charge is -2.17. The number of carbonyl (C=O) groups excluding carboxylic acids is 2. The molecule has 0 unspecified atom stereocenters. The van der Waals surface area contributed by atoms with Gasteiger partial charge in [-0.2, -0.15) is 0 Å². The minimum absolute atomic E-state index is 0.0328. The molecule has 0 saturated heterocycles. The van der Waals surface area contributed by atoms with Gasteiger partial charge >= 0.3 is 0 Å². The number of hydrogen-bond donors (Lipinski definition) is 2. The van der Waals surface area contributed by atoms with Crippen molar-refractivity contribution in [2.45, 2.75) is 32.5 Å². The Morgan fingerprint density at radius 1 is 0.930 bits per heavy atom. The van der Waals surface area contributed by atoms with E-state index in [-0.39, 0.29) is 23.9 Å². The molecule has 1 aromatic heterocycles. The lowest BCUT2D eigenvalue weighted by molar-refractivity contribution is -0.113. The standard InChI is InChI=1S/C30H31BrFN5O5S/c1-4-40-24-15-19(16-25(41-5-2)28(24)42-6-3)29(39)33-17-26-35-36-30(37(26)21-13-11-20(31)12-14-21)43-18-27(38)34-23-10-8-7-9-22(23)32/h7-16H,4-6,17-18H2,1-3H3,(H,33,39)(H,34,38). The number of carbonyl (C=O) groups is 2. The zero-order valence-electron chi connectivity index (χ0n) is 23.9. The minimum Gasteiger partial charge on any atom is -0.490 e. The van der Waals surface area contributed by atoms with Crippen LogP contribution in [0.15, 0.2) is 70.3 Å². The first-order chi connectivity index (χ1) is 20.8. The quantitative estimate of drug-likeness (QED) is 0.156. The molecule has 10 nitrogen and oxygen atoms in total. The molecule has 0 atom stereocenters. The molecule has 0 aliphatic rings. The Balaban J connectivity index is 1.55. The summed E-state index contributed by atoms with van der Waals surface area (Å²) in [4.78, 5) is 25.9. The highest BCUT2D eigenvalue weighted by Crippen LogP contribution is 2.39. The number of halogens is 2. The maximum Gasteiger partial charge on any atom is 0.251 e. The number of aromatic nitrogens is 3. The van der Waals surface area contributed by atoms with Gasteiger partial charge in [-0.15, -0.1) is 10.2 Å². The van der Waals surface area contributed by atoms with Crippen molar-refractivity contribution in [1.82, 2.24) is 20.1 Å². The van der Waals surface area contributed by atoms with Crippen molar-refractivity contribution >= 4 is 45.2 Å². The van der Waals surface area contributed by atoms with Gasteiger partial charge in [0, 0.05) is 15.7 Å². The van der Waals surface area contributed by atoms with Crippen LogP contribution in [-0.2, 0) is 11.3 Å². The molecule has 4 aromatic rings. The monoisotopic (exact) mass is 671 g/mol. The molecule has 0 aliphatic heterocycles. The van der Waals surface area contributed by atoms with Crippen molar-refractivity contribution in [3.8, 4) is 22.9 Å². The first-order valence-electron chi connectivity index (χ1n) is 13.6. The van der Waals surface area contributed by atoms with Crippen LogP contribution in [0.3, 0.4) is 0 Å². The number of thioether (sulfide) groups is 1. The average molecular weight is 673 g/mol. The van der Waals surface area contributed by atoms with Crippen molar-refractivity contribution in [3.63, 3.8) is 0 Å². The summed E-state index contributed by atoms with van der Waals surface area (Å²) >= 11 is 4.58. The molecule has 0 radical (unpaired) electrons. The van der Waals surface area contributed by atoms with E-state index < -0.39 is 11.7 Å². The topological polar surface area (TPSA) is 117 Å². The van der Waals surface area contributed by atoms with Crippen LogP contribution in [0.5, 0.6) is 17.2 Å². The number of nitrogens with zero attached hydrogens (tertiary/aromatic N) is 3. The van der Waals surface area contributed by atoms with Crippen molar-refractivity contribution in [2.24, 2.45) is 0 Å². The van der Waals surface area contributed by atoms with Gasteiger partial charge in [0.2, 0.25) is 11.7 Å². The predicted octanol–water partition coefficient (Wildman–Crippen LogP) is 6.03. The van der Waals surface area contributed by atoms with Gasteiger partial charge in [0.15, 0.2) is 22.5 Å². The summed E-state index contributed by atoms with van der Waals surface area (Å²) in [6.07, 6.45) is 0. The molecule has 0 aliphatic carbocycles. The van der Waals surface area contributed by atoms with Crippen LogP contribution in [0.4, 0.5) is 10.1 Å². The number of amides is 2. The SMILES string of the molecule is CCOc1cc(C(=O)NCc2nnc(SCC(=O)Nc3ccccc3F)n2-c2ccc(Br)cc2)cc(OCC)c1OCC. The molecule has 2 amide bonds. The summed E-state index contributed by atoms with van der Waals surface area (Å²) in [6.45, 7) is 6.74. The van der Waals surface area contributed by atoms with E-state index in [9.17, 15) is 14.0 Å². The van der Waals surface area contributed by atoms with E-state index >= 15 is 0 Å². The maximum atomic E-state index is 14.0. The van der Waals surface area contributed by atoms with E-state index in [1.807, 2.05) is 45.0 Å². The first kappa shape index (κ1) is 31.8. The molecule has 0 spiro atoms. The third kappa shape index (κ3) is 8.26. The third-order valence-electron chi connectivity index (χ3n) is 5.84. The lowest BCUT2D eigenvalue weighted by atomic mass is 10.1. The highest BCUT2D eigenvalue weighted by molar-refractivity contribution is 9.10. The van der Waals surface area contributed by atoms with Crippen LogP contribution >= 0.6 is 27.7 Å². The molecule has 1 heterocycles. The normalized spacial score (nSPS) is 10.7. The van der Waals surface area contributed by atoms with Crippen LogP contribution in [0, 0.1) is 5.82 Å². The van der Waals surface area contributed by atoms with Gasteiger partial charge in [-0.1, -0.05) is 39.8 Å². The Hall–Kier alpha value is -4.10. The smallest absolute Gasteiger partial charge is 0.251 e. The summed E-state index contributed by atoms with van der Waals surface area (Å²) < 4.78 is 33.8. The highest BCUT2D eigenvalue weighted by atomic mass is 79.9. The zero-order valence-corrected chi connectivity index (χ0v) is 26.3. The Morgan fingerprint density at radius 3 is 2.21 bits per heavy atom. The Morgan fingerprint density at radius 2 is 1.58 bits per heavy atom. The summed E-state index contributed by atoms with van der Waals surface area (Å²) in [7, 11) is 0. The van der Waals surface area contributed by atoms with Gasteiger partial charge in [0.05, 0.1) is 37.8 Å². The number of rotatable bonds is 14. The minimum atomic E-state index is -0.522. The van der Waals surface area contributed by atoms with Gasteiger partial charge in [0.1, 0.15) is 5.82 Å². The summed E-state index contributed by atoms with van der Waals surface area (Å²) in [5.41, 5.74) is 1.15. The molecule has 2 N–H and O–H groups in total. The molecular weight excluding hydrogens is 641 g/mol. The van der Waals surface area contributed by atoms with Crippen molar-refractivity contribution in [1.29, 1.82) is 0 Å². The number of ether oxygens (including phenoxy) is 3. The number of hydrogen-bond acceptors (Lipinski definition) is 8. The van der Waals surface area contributed by atoms with E-state index in [0.717, 1.165) is 21.9 Å². The molecular formula is C30H31BrFN5O5S. The average Bonchev–Trinajstić information content (AvgIpc) is 3.41. The lowest BCUT2D eigenvalue weighted by Crippen LogP contribution is -2.25. The molecule has 226 valence electrons. The fourth-order valence-corrected chi connectivity index (χ4v) is 5.05. The molecule has 4 rings (SSSR count). The van der Waals surface area contributed by atoms with E-state index in [0.29, 0.717) is 53.6 Å². The van der Waals surface area contributed by atoms with E-state index in [2.05, 4.69) is 36.8 Å². The maximum absolute atomic E-state index is 14.0. The zero-order chi connectivity index (χ0) is 30.8. The Bertz CT molecular complexity index is 1540. The summed E-state index contributed by atoms with van der Waals surface area (Å²) in [5.74, 6) is 0.354. The summed E-state index contributed by atoms with van der Waals surface area (Å²) in [5, 5.41) is 14.4. The molecule has 0 bridgehead atoms. The van der Waals surface area contributed by atoms with Crippen LogP contribution in [0.2, 0.25) is 0 Å². The Kier molecular flexibility index (Phi) is 11.4. The van der Waals surface area contributed by atoms with Gasteiger partial charge < -0.3 is 24.8 Å². The fourth-order valence-electron chi connectivity index (χ4n) is 4.02. The van der Waals surface area contributed by atoms with Crippen LogP contribution in [-0.4, -0.2) is 52.2 Å². The second-order valence-corrected chi connectivity index (χ2v) is 10.7. The predicted molar refractivity (Wildman–Crippen MR) is 166 cm³/mol. The van der Waals surface area contributed by atoms with Crippen LogP contribution < -0.4 is 24.8 Å². The second-order valence-electron chi connectivity index (χ2n) is 8.81. The van der Waals surface area contributed by atoms with Crippen molar-refractivity contribution < 1.29 is 28.2 Å². The highest BCUT2D eigenvalue weighted by Gasteiger charge is 2.21. The number of benzene rings is 3. The molecule has 3 aromatic carbocycles. The van der Waals surface area contributed by atoms with Crippen LogP contribution in [0.1, 0.15) is 37.0 Å². The summed E-state index contributed by atoms with van der Waals surface area (Å²) in [6, 6.07) is 16.6. The van der Waals surface area contributed by atoms with Gasteiger partial charge in [-0.3, -0.25) is 14.2 Å². The molecule has 0 fully saturated rings. The van der Waals surface area contributed by atoms with Crippen molar-refractivity contribution in [3.05, 3.63) is 82.3 Å². The second kappa shape index (κ2) is 15.4. The van der Waals surface area contributed by atoms with Gasteiger partial charge in [0.25, 0.3) is 5.91 Å². The fraction of sp³-hybridized carbons (Fsp3) is 0.267. The number of para-hydroxylation sites is 1. The number of anilines is 1. The Labute approximate surface area is 261 Å². The van der Waals surface area contributed by atoms with E-state index in [1.165, 1.54) is 12.1 Å². The molecule has 43 heavy (non-hydrogen) atoms. The third-order valence-corrected chi connectivity index (χ3v) is 7.30. The van der Waals surface area contributed by atoms with Crippen LogP contribution in [0.25, 0.3) is 5.69 Å². The van der Waals surface area contributed by atoms with Gasteiger partial charge in [-0.25, -0.2) is 4.39 Å². The van der Waals surface area contributed by atoms with E-state index in [4.69, 9.17) is 14.2 Å².